The summed E-state index contributed by atoms with van der Waals surface area (Å²) in [5.41, 5.74) is 0. The number of hydrogen-bond donors (Lipinski definition) is 2. The molecule has 18 heavy (non-hydrogen) atoms. The summed E-state index contributed by atoms with van der Waals surface area (Å²) in [7, 11) is 1.66. The summed E-state index contributed by atoms with van der Waals surface area (Å²) in [5.74, 6) is 1.21. The Kier molecular flexibility index (Phi) is 5.10. The molecule has 2 N–H and O–H groups in total. The minimum Gasteiger partial charge on any atom is -0.383 e. The van der Waals surface area contributed by atoms with Gasteiger partial charge in [0.2, 0.25) is 5.95 Å². The van der Waals surface area contributed by atoms with E-state index in [2.05, 4.69) is 25.8 Å². The van der Waals surface area contributed by atoms with Crippen LogP contribution in [0.5, 0.6) is 0 Å². The first-order valence-electron chi connectivity index (χ1n) is 6.16. The smallest absolute Gasteiger partial charge is 0.244 e. The molecule has 1 aliphatic heterocycles. The fraction of sp³-hybridized carbons (Fsp3) is 0.727. The normalized spacial score (nSPS) is 18.8. The molecule has 100 valence electrons. The highest BCUT2D eigenvalue weighted by molar-refractivity contribution is 5.36. The summed E-state index contributed by atoms with van der Waals surface area (Å²) in [6, 6.07) is 0. The number of anilines is 2. The van der Waals surface area contributed by atoms with Crippen LogP contribution in [0.25, 0.3) is 0 Å². The first-order chi connectivity index (χ1) is 8.88. The van der Waals surface area contributed by atoms with E-state index in [1.165, 1.54) is 0 Å². The molecule has 7 heteroatoms. The van der Waals surface area contributed by atoms with Gasteiger partial charge in [-0.3, -0.25) is 0 Å². The molecule has 0 amide bonds. The molecule has 1 saturated heterocycles. The van der Waals surface area contributed by atoms with Crippen molar-refractivity contribution < 1.29 is 9.47 Å². The van der Waals surface area contributed by atoms with E-state index < -0.39 is 0 Å². The summed E-state index contributed by atoms with van der Waals surface area (Å²) in [4.78, 5) is 4.30. The zero-order chi connectivity index (χ0) is 12.6. The highest BCUT2D eigenvalue weighted by Crippen LogP contribution is 2.12. The van der Waals surface area contributed by atoms with Gasteiger partial charge < -0.3 is 20.1 Å². The number of rotatable bonds is 7. The first kappa shape index (κ1) is 13.0. The van der Waals surface area contributed by atoms with Gasteiger partial charge in [0.1, 0.15) is 0 Å². The maximum absolute atomic E-state index is 5.51. The second-order valence-corrected chi connectivity index (χ2v) is 4.10. The van der Waals surface area contributed by atoms with Gasteiger partial charge in [-0.2, -0.15) is 10.1 Å². The van der Waals surface area contributed by atoms with Crippen LogP contribution in [0.2, 0.25) is 0 Å². The highest BCUT2D eigenvalue weighted by atomic mass is 16.5. The molecule has 0 spiro atoms. The van der Waals surface area contributed by atoms with Crippen LogP contribution in [0.15, 0.2) is 6.20 Å². The van der Waals surface area contributed by atoms with Crippen molar-refractivity contribution in [3.63, 3.8) is 0 Å². The number of nitrogens with zero attached hydrogens (tertiary/aromatic N) is 3. The van der Waals surface area contributed by atoms with E-state index in [0.717, 1.165) is 26.0 Å². The number of aromatic nitrogens is 3. The van der Waals surface area contributed by atoms with Crippen LogP contribution in [-0.2, 0) is 9.47 Å². The summed E-state index contributed by atoms with van der Waals surface area (Å²) in [5, 5.41) is 14.1. The third kappa shape index (κ3) is 4.08. The van der Waals surface area contributed by atoms with Crippen molar-refractivity contribution in [3.05, 3.63) is 6.20 Å². The van der Waals surface area contributed by atoms with E-state index in [9.17, 15) is 0 Å². The average Bonchev–Trinajstić information content (AvgIpc) is 2.90. The van der Waals surface area contributed by atoms with Crippen LogP contribution < -0.4 is 10.6 Å². The number of methoxy groups -OCH3 is 1. The lowest BCUT2D eigenvalue weighted by Crippen LogP contribution is -2.20. The Bertz CT molecular complexity index is 357. The topological polar surface area (TPSA) is 81.2 Å². The van der Waals surface area contributed by atoms with Gasteiger partial charge in [0.25, 0.3) is 0 Å². The Morgan fingerprint density at radius 3 is 3.22 bits per heavy atom. The predicted molar refractivity (Wildman–Crippen MR) is 67.7 cm³/mol. The Hall–Kier alpha value is -1.47. The molecular weight excluding hydrogens is 234 g/mol. The monoisotopic (exact) mass is 253 g/mol. The van der Waals surface area contributed by atoms with Gasteiger partial charge in [0.15, 0.2) is 5.82 Å². The summed E-state index contributed by atoms with van der Waals surface area (Å²) >= 11 is 0. The molecular formula is C11H19N5O2. The second-order valence-electron chi connectivity index (χ2n) is 4.10. The predicted octanol–water partition coefficient (Wildman–Crippen LogP) is 0.521. The molecule has 0 saturated carbocycles. The standard InChI is InChI=1S/C11H19N5O2/c1-17-6-4-12-10-8-14-16-11(15-10)13-7-9-3-2-5-18-9/h8-9H,2-7H2,1H3,(H2,12,13,15,16). The van der Waals surface area contributed by atoms with Crippen LogP contribution in [-0.4, -0.2) is 54.7 Å². The number of ether oxygens (including phenoxy) is 2. The van der Waals surface area contributed by atoms with Crippen molar-refractivity contribution >= 4 is 11.8 Å². The number of hydrogen-bond acceptors (Lipinski definition) is 7. The molecule has 7 nitrogen and oxygen atoms in total. The molecule has 0 radical (unpaired) electrons. The Morgan fingerprint density at radius 1 is 1.50 bits per heavy atom. The quantitative estimate of drug-likeness (QED) is 0.686. The summed E-state index contributed by atoms with van der Waals surface area (Å²) < 4.78 is 10.5. The van der Waals surface area contributed by atoms with Gasteiger partial charge >= 0.3 is 0 Å². The fourth-order valence-corrected chi connectivity index (χ4v) is 1.76. The van der Waals surface area contributed by atoms with Crippen molar-refractivity contribution in [2.45, 2.75) is 18.9 Å². The first-order valence-corrected chi connectivity index (χ1v) is 6.16. The van der Waals surface area contributed by atoms with E-state index in [0.29, 0.717) is 24.9 Å². The molecule has 1 atom stereocenters. The molecule has 2 heterocycles. The number of nitrogens with one attached hydrogen (secondary N) is 2. The van der Waals surface area contributed by atoms with Crippen molar-refractivity contribution in [2.75, 3.05) is 44.0 Å². The molecule has 0 aromatic carbocycles. The third-order valence-corrected chi connectivity index (χ3v) is 2.68. The van der Waals surface area contributed by atoms with Crippen LogP contribution in [0.3, 0.4) is 0 Å². The molecule has 1 aromatic rings. The summed E-state index contributed by atoms with van der Waals surface area (Å²) in [6.45, 7) is 2.90. The molecule has 1 unspecified atom stereocenters. The third-order valence-electron chi connectivity index (χ3n) is 2.68. The lowest BCUT2D eigenvalue weighted by molar-refractivity contribution is 0.120. The van der Waals surface area contributed by atoms with E-state index in [-0.39, 0.29) is 6.10 Å². The molecule has 1 aromatic heterocycles. The van der Waals surface area contributed by atoms with Crippen molar-refractivity contribution in [2.24, 2.45) is 0 Å². The lowest BCUT2D eigenvalue weighted by Gasteiger charge is -2.11. The van der Waals surface area contributed by atoms with Crippen LogP contribution in [0.1, 0.15) is 12.8 Å². The molecule has 1 fully saturated rings. The van der Waals surface area contributed by atoms with E-state index >= 15 is 0 Å². The lowest BCUT2D eigenvalue weighted by atomic mass is 10.2. The van der Waals surface area contributed by atoms with Crippen LogP contribution >= 0.6 is 0 Å². The largest absolute Gasteiger partial charge is 0.383 e. The van der Waals surface area contributed by atoms with Crippen molar-refractivity contribution in [1.29, 1.82) is 0 Å². The zero-order valence-electron chi connectivity index (χ0n) is 10.6. The second kappa shape index (κ2) is 7.07. The summed E-state index contributed by atoms with van der Waals surface area (Å²) in [6.07, 6.45) is 4.07. The van der Waals surface area contributed by atoms with Crippen molar-refractivity contribution in [1.82, 2.24) is 15.2 Å². The van der Waals surface area contributed by atoms with Crippen molar-refractivity contribution in [3.8, 4) is 0 Å². The Balaban J connectivity index is 1.78. The van der Waals surface area contributed by atoms with Gasteiger partial charge in [-0.25, -0.2) is 0 Å². The van der Waals surface area contributed by atoms with E-state index in [4.69, 9.17) is 9.47 Å². The van der Waals surface area contributed by atoms with Crippen LogP contribution in [0.4, 0.5) is 11.8 Å². The van der Waals surface area contributed by atoms with Crippen LogP contribution in [0, 0.1) is 0 Å². The Labute approximate surface area is 106 Å². The van der Waals surface area contributed by atoms with Gasteiger partial charge in [0.05, 0.1) is 18.9 Å². The molecule has 2 rings (SSSR count). The molecule has 1 aliphatic rings. The molecule has 0 aliphatic carbocycles. The van der Waals surface area contributed by atoms with Gasteiger partial charge in [-0.05, 0) is 12.8 Å². The maximum atomic E-state index is 5.51. The van der Waals surface area contributed by atoms with Gasteiger partial charge in [-0.1, -0.05) is 0 Å². The van der Waals surface area contributed by atoms with E-state index in [1.807, 2.05) is 0 Å². The minimum atomic E-state index is 0.263. The fourth-order valence-electron chi connectivity index (χ4n) is 1.76. The maximum Gasteiger partial charge on any atom is 0.244 e. The minimum absolute atomic E-state index is 0.263. The highest BCUT2D eigenvalue weighted by Gasteiger charge is 2.15. The van der Waals surface area contributed by atoms with Gasteiger partial charge in [-0.15, -0.1) is 5.10 Å². The average molecular weight is 253 g/mol. The molecule has 0 bridgehead atoms. The SMILES string of the molecule is COCCNc1cnnc(NCC2CCCO2)n1. The zero-order valence-corrected chi connectivity index (χ0v) is 10.6. The van der Waals surface area contributed by atoms with E-state index in [1.54, 1.807) is 13.3 Å². The Morgan fingerprint density at radius 2 is 2.44 bits per heavy atom. The van der Waals surface area contributed by atoms with Gasteiger partial charge in [0, 0.05) is 26.8 Å².